The first kappa shape index (κ1) is 36.2. The molecule has 0 bridgehead atoms. The smallest absolute Gasteiger partial charge is 0.0547 e. The van der Waals surface area contributed by atoms with E-state index >= 15 is 0 Å². The number of nitrogens with zero attached hydrogens (tertiary/aromatic N) is 2. The molecule has 2 nitrogen and oxygen atoms in total. The molecule has 0 fully saturated rings. The van der Waals surface area contributed by atoms with Crippen molar-refractivity contribution in [2.75, 3.05) is 0 Å². The molecular formula is C62H40N2. The van der Waals surface area contributed by atoms with Gasteiger partial charge >= 0.3 is 0 Å². The van der Waals surface area contributed by atoms with Crippen molar-refractivity contribution < 1.29 is 0 Å². The van der Waals surface area contributed by atoms with Gasteiger partial charge in [-0.05, 0) is 127 Å². The molecule has 298 valence electrons. The van der Waals surface area contributed by atoms with Crippen molar-refractivity contribution in [2.24, 2.45) is 0 Å². The van der Waals surface area contributed by atoms with Gasteiger partial charge in [-0.2, -0.15) is 0 Å². The van der Waals surface area contributed by atoms with Crippen LogP contribution in [0.3, 0.4) is 0 Å². The van der Waals surface area contributed by atoms with E-state index in [4.69, 9.17) is 0 Å². The van der Waals surface area contributed by atoms with Crippen molar-refractivity contribution >= 4 is 65.2 Å². The molecule has 0 aliphatic carbocycles. The quantitative estimate of drug-likeness (QED) is 0.148. The lowest BCUT2D eigenvalue weighted by molar-refractivity contribution is 1.18. The Labute approximate surface area is 371 Å². The summed E-state index contributed by atoms with van der Waals surface area (Å²) in [6.07, 6.45) is 0. The first-order chi connectivity index (χ1) is 31.8. The van der Waals surface area contributed by atoms with Gasteiger partial charge in [0.05, 0.1) is 22.1 Å². The SMILES string of the molecule is c1ccc(-c2ccc3c(-c4ccc(-n5c6ccccc6c6ccc(-c7ccc8c(c7)c7ccccc7n8-c7ccccc7)cc65)cc4)c4ccccc4c(-c4ccccc4)c3c2)cc1. The lowest BCUT2D eigenvalue weighted by Gasteiger charge is -2.19. The van der Waals surface area contributed by atoms with E-state index in [1.807, 2.05) is 0 Å². The van der Waals surface area contributed by atoms with E-state index < -0.39 is 0 Å². The molecule has 0 saturated heterocycles. The van der Waals surface area contributed by atoms with Crippen LogP contribution in [0.5, 0.6) is 0 Å². The van der Waals surface area contributed by atoms with Gasteiger partial charge in [0.25, 0.3) is 0 Å². The van der Waals surface area contributed by atoms with Crippen molar-refractivity contribution in [3.63, 3.8) is 0 Å². The topological polar surface area (TPSA) is 9.86 Å². The summed E-state index contributed by atoms with van der Waals surface area (Å²) in [7, 11) is 0. The van der Waals surface area contributed by atoms with Crippen molar-refractivity contribution in [1.82, 2.24) is 9.13 Å². The number of aromatic nitrogens is 2. The Bertz CT molecular complexity index is 3910. The molecule has 0 saturated carbocycles. The molecule has 2 aromatic heterocycles. The monoisotopic (exact) mass is 812 g/mol. The van der Waals surface area contributed by atoms with Gasteiger partial charge in [-0.25, -0.2) is 0 Å². The third-order valence-corrected chi connectivity index (χ3v) is 13.3. The molecule has 0 radical (unpaired) electrons. The standard InChI is InChI=1S/C62H40N2/c1-4-16-41(17-5-1)44-31-36-54-56(39-44)62(42-18-6-2-7-19-42)53-25-11-10-24-52(53)61(54)43-28-33-48(34-29-43)64-57-26-14-12-22-49(57)51-35-30-46(40-60(51)64)45-32-37-59-55(38-45)50-23-13-15-27-58(50)63(59)47-20-8-3-9-21-47/h1-40H. The van der Waals surface area contributed by atoms with Crippen LogP contribution in [0.15, 0.2) is 243 Å². The average molecular weight is 813 g/mol. The van der Waals surface area contributed by atoms with E-state index in [9.17, 15) is 0 Å². The third-order valence-electron chi connectivity index (χ3n) is 13.3. The number of benzene rings is 11. The maximum absolute atomic E-state index is 2.44. The Balaban J connectivity index is 0.976. The number of hydrogen-bond acceptors (Lipinski definition) is 0. The van der Waals surface area contributed by atoms with Crippen LogP contribution in [0.4, 0.5) is 0 Å². The molecule has 2 heterocycles. The maximum Gasteiger partial charge on any atom is 0.0547 e. The van der Waals surface area contributed by atoms with Crippen LogP contribution >= 0.6 is 0 Å². The van der Waals surface area contributed by atoms with Crippen LogP contribution < -0.4 is 0 Å². The molecule has 0 amide bonds. The second-order valence-electron chi connectivity index (χ2n) is 16.8. The van der Waals surface area contributed by atoms with Crippen LogP contribution in [-0.2, 0) is 0 Å². The molecule has 0 aliphatic heterocycles. The number of para-hydroxylation sites is 3. The summed E-state index contributed by atoms with van der Waals surface area (Å²) in [5.41, 5.74) is 16.9. The lowest BCUT2D eigenvalue weighted by atomic mass is 9.85. The Kier molecular flexibility index (Phi) is 8.25. The van der Waals surface area contributed by atoms with Crippen LogP contribution in [0, 0.1) is 0 Å². The maximum atomic E-state index is 2.44. The fourth-order valence-electron chi connectivity index (χ4n) is 10.4. The molecule has 13 aromatic rings. The minimum absolute atomic E-state index is 1.13. The fraction of sp³-hybridized carbons (Fsp3) is 0. The number of fused-ring (bicyclic) bond motifs is 8. The summed E-state index contributed by atoms with van der Waals surface area (Å²) >= 11 is 0. The highest BCUT2D eigenvalue weighted by atomic mass is 15.0. The highest BCUT2D eigenvalue weighted by Gasteiger charge is 2.20. The number of hydrogen-bond donors (Lipinski definition) is 0. The van der Waals surface area contributed by atoms with E-state index in [-0.39, 0.29) is 0 Å². The van der Waals surface area contributed by atoms with Gasteiger partial charge in [-0.15, -0.1) is 0 Å². The van der Waals surface area contributed by atoms with Crippen LogP contribution in [-0.4, -0.2) is 9.13 Å². The molecule has 2 heteroatoms. The predicted octanol–water partition coefficient (Wildman–Crippen LogP) is 16.9. The van der Waals surface area contributed by atoms with Gasteiger partial charge in [0.15, 0.2) is 0 Å². The minimum atomic E-state index is 1.13. The number of rotatable bonds is 6. The third kappa shape index (κ3) is 5.66. The average Bonchev–Trinajstić information content (AvgIpc) is 3.88. The van der Waals surface area contributed by atoms with Crippen molar-refractivity contribution in [3.05, 3.63) is 243 Å². The summed E-state index contributed by atoms with van der Waals surface area (Å²) in [5.74, 6) is 0. The fourth-order valence-corrected chi connectivity index (χ4v) is 10.4. The van der Waals surface area contributed by atoms with E-state index in [0.717, 1.165) is 5.69 Å². The summed E-state index contributed by atoms with van der Waals surface area (Å²) < 4.78 is 4.82. The predicted molar refractivity (Wildman–Crippen MR) is 272 cm³/mol. The normalized spacial score (nSPS) is 11.8. The van der Waals surface area contributed by atoms with E-state index in [1.165, 1.54) is 115 Å². The van der Waals surface area contributed by atoms with E-state index in [1.54, 1.807) is 0 Å². The van der Waals surface area contributed by atoms with Gasteiger partial charge < -0.3 is 9.13 Å². The van der Waals surface area contributed by atoms with Gasteiger partial charge in [0, 0.05) is 32.9 Å². The zero-order chi connectivity index (χ0) is 42.1. The molecule has 0 aliphatic rings. The van der Waals surface area contributed by atoms with Crippen molar-refractivity contribution in [1.29, 1.82) is 0 Å². The first-order valence-corrected chi connectivity index (χ1v) is 22.1. The van der Waals surface area contributed by atoms with E-state index in [2.05, 4.69) is 252 Å². The largest absolute Gasteiger partial charge is 0.309 e. The van der Waals surface area contributed by atoms with Gasteiger partial charge in [0.1, 0.15) is 0 Å². The molecule has 0 N–H and O–H groups in total. The second-order valence-corrected chi connectivity index (χ2v) is 16.8. The van der Waals surface area contributed by atoms with Gasteiger partial charge in [-0.1, -0.05) is 182 Å². The minimum Gasteiger partial charge on any atom is -0.309 e. The van der Waals surface area contributed by atoms with Crippen LogP contribution in [0.2, 0.25) is 0 Å². The second kappa shape index (κ2) is 14.6. The van der Waals surface area contributed by atoms with Crippen molar-refractivity contribution in [3.8, 4) is 55.9 Å². The zero-order valence-electron chi connectivity index (χ0n) is 35.0. The Hall–Kier alpha value is -8.46. The Morgan fingerprint density at radius 3 is 1.23 bits per heavy atom. The highest BCUT2D eigenvalue weighted by molar-refractivity contribution is 6.22. The molecule has 0 atom stereocenters. The summed E-state index contributed by atoms with van der Waals surface area (Å²) in [6.45, 7) is 0. The summed E-state index contributed by atoms with van der Waals surface area (Å²) in [4.78, 5) is 0. The molecule has 0 unspecified atom stereocenters. The Morgan fingerprint density at radius 1 is 0.188 bits per heavy atom. The van der Waals surface area contributed by atoms with E-state index in [0.29, 0.717) is 0 Å². The lowest BCUT2D eigenvalue weighted by Crippen LogP contribution is -1.95. The van der Waals surface area contributed by atoms with Gasteiger partial charge in [-0.3, -0.25) is 0 Å². The van der Waals surface area contributed by atoms with Crippen LogP contribution in [0.25, 0.3) is 121 Å². The van der Waals surface area contributed by atoms with Crippen LogP contribution in [0.1, 0.15) is 0 Å². The summed E-state index contributed by atoms with van der Waals surface area (Å²) in [5, 5.41) is 10.00. The molecular weight excluding hydrogens is 773 g/mol. The Morgan fingerprint density at radius 2 is 0.562 bits per heavy atom. The highest BCUT2D eigenvalue weighted by Crippen LogP contribution is 2.45. The summed E-state index contributed by atoms with van der Waals surface area (Å²) in [6, 6.07) is 89.0. The first-order valence-electron chi connectivity index (χ1n) is 22.1. The molecule has 64 heavy (non-hydrogen) atoms. The molecule has 11 aromatic carbocycles. The molecule has 0 spiro atoms. The molecule has 13 rings (SSSR count). The zero-order valence-corrected chi connectivity index (χ0v) is 35.0. The van der Waals surface area contributed by atoms with Gasteiger partial charge in [0.2, 0.25) is 0 Å². The van der Waals surface area contributed by atoms with Crippen molar-refractivity contribution in [2.45, 2.75) is 0 Å².